The van der Waals surface area contributed by atoms with Gasteiger partial charge in [-0.15, -0.1) is 0 Å². The van der Waals surface area contributed by atoms with E-state index in [1.165, 1.54) is 10.8 Å². The van der Waals surface area contributed by atoms with E-state index in [1.54, 1.807) is 29.9 Å². The van der Waals surface area contributed by atoms with Crippen molar-refractivity contribution in [2.45, 2.75) is 65.0 Å². The zero-order valence-corrected chi connectivity index (χ0v) is 22.6. The largest absolute Gasteiger partial charge is 0.374 e. The highest BCUT2D eigenvalue weighted by atomic mass is 127. The van der Waals surface area contributed by atoms with Crippen LogP contribution < -0.4 is 11.2 Å². The molecule has 0 radical (unpaired) electrons. The van der Waals surface area contributed by atoms with E-state index in [0.717, 1.165) is 0 Å². The summed E-state index contributed by atoms with van der Waals surface area (Å²) in [7, 11) is -1.49. The molecule has 1 unspecified atom stereocenters. The number of aromatic nitrogens is 2. The molecule has 33 heavy (non-hydrogen) atoms. The summed E-state index contributed by atoms with van der Waals surface area (Å²) in [6, 6.07) is 2.37. The SMILES string of the molecule is Cc1cn([C@H]2COC[C@](COI)(COP(OCCC#N)N(C(C)C)C(C)C)O2)c(=O)[nH]c1=O. The number of nitrogens with one attached hydrogen (secondary N) is 1. The fourth-order valence-corrected chi connectivity index (χ4v) is 5.67. The molecule has 3 atom stereocenters. The van der Waals surface area contributed by atoms with Crippen LogP contribution in [0, 0.1) is 18.3 Å². The van der Waals surface area contributed by atoms with Gasteiger partial charge < -0.3 is 21.6 Å². The third-order valence-electron chi connectivity index (χ3n) is 4.89. The highest BCUT2D eigenvalue weighted by Crippen LogP contribution is 2.47. The molecule has 1 aromatic heterocycles. The Morgan fingerprint density at radius 1 is 1.33 bits per heavy atom. The van der Waals surface area contributed by atoms with E-state index >= 15 is 0 Å². The summed E-state index contributed by atoms with van der Waals surface area (Å²) in [6.45, 7) is 10.6. The van der Waals surface area contributed by atoms with Crippen molar-refractivity contribution in [1.29, 1.82) is 5.26 Å². The number of ether oxygens (including phenoxy) is 2. The lowest BCUT2D eigenvalue weighted by Crippen LogP contribution is -2.53. The predicted octanol–water partition coefficient (Wildman–Crippen LogP) is 2.79. The van der Waals surface area contributed by atoms with Crippen molar-refractivity contribution in [3.05, 3.63) is 32.6 Å². The standard InChI is InChI=1S/C20H32IN4O7P/c1-14(2)25(15(3)4)33(30-8-6-7-22)31-13-20(12-29-21)11-28-10-17(32-20)24-9-16(5)18(26)23-19(24)27/h9,14-15,17H,6,8,10-13H2,1-5H3,(H,23,26,27)/t17-,20+,33?/m1/s1. The van der Waals surface area contributed by atoms with Crippen LogP contribution in [0.25, 0.3) is 0 Å². The summed E-state index contributed by atoms with van der Waals surface area (Å²) < 4.78 is 33.1. The van der Waals surface area contributed by atoms with E-state index in [-0.39, 0.29) is 51.5 Å². The van der Waals surface area contributed by atoms with Crippen LogP contribution in [0.2, 0.25) is 0 Å². The second-order valence-electron chi connectivity index (χ2n) is 8.32. The fourth-order valence-electron chi connectivity index (χ4n) is 3.42. The van der Waals surface area contributed by atoms with E-state index < -0.39 is 31.6 Å². The van der Waals surface area contributed by atoms with E-state index in [9.17, 15) is 9.59 Å². The van der Waals surface area contributed by atoms with Gasteiger partial charge in [-0.1, -0.05) is 0 Å². The zero-order chi connectivity index (χ0) is 24.6. The van der Waals surface area contributed by atoms with Crippen LogP contribution in [-0.4, -0.2) is 64.9 Å². The number of nitriles is 1. The fraction of sp³-hybridized carbons (Fsp3) is 0.750. The van der Waals surface area contributed by atoms with Crippen LogP contribution in [0.15, 0.2) is 15.8 Å². The van der Waals surface area contributed by atoms with Gasteiger partial charge >= 0.3 is 5.69 Å². The monoisotopic (exact) mass is 598 g/mol. The van der Waals surface area contributed by atoms with Crippen molar-refractivity contribution in [2.75, 3.05) is 33.0 Å². The van der Waals surface area contributed by atoms with Crippen LogP contribution in [0.1, 0.15) is 45.9 Å². The molecule has 1 aromatic rings. The molecule has 1 N–H and O–H groups in total. The Balaban J connectivity index is 2.25. The van der Waals surface area contributed by atoms with Crippen LogP contribution in [-0.2, 0) is 21.6 Å². The van der Waals surface area contributed by atoms with Gasteiger partial charge in [0.1, 0.15) is 28.6 Å². The Hall–Kier alpha value is -0.910. The predicted molar refractivity (Wildman–Crippen MR) is 131 cm³/mol. The number of nitrogens with zero attached hydrogens (tertiary/aromatic N) is 3. The maximum absolute atomic E-state index is 12.4. The first-order valence-corrected chi connectivity index (χ1v) is 12.7. The molecule has 1 aliphatic rings. The Morgan fingerprint density at radius 3 is 2.64 bits per heavy atom. The molecule has 1 fully saturated rings. The third kappa shape index (κ3) is 7.80. The van der Waals surface area contributed by atoms with Gasteiger partial charge in [0.15, 0.2) is 6.23 Å². The number of H-pyrrole nitrogens is 1. The highest BCUT2D eigenvalue weighted by molar-refractivity contribution is 14.1. The second-order valence-corrected chi connectivity index (χ2v) is 10.4. The maximum Gasteiger partial charge on any atom is 0.330 e. The lowest BCUT2D eigenvalue weighted by atomic mass is 10.1. The zero-order valence-electron chi connectivity index (χ0n) is 19.6. The quantitative estimate of drug-likeness (QED) is 0.220. The average Bonchev–Trinajstić information content (AvgIpc) is 2.74. The van der Waals surface area contributed by atoms with Crippen molar-refractivity contribution < 1.29 is 21.6 Å². The molecule has 1 aliphatic heterocycles. The molecule has 0 bridgehead atoms. The molecule has 11 nitrogen and oxygen atoms in total. The Bertz CT molecular complexity index is 907. The van der Waals surface area contributed by atoms with E-state index in [4.69, 9.17) is 26.8 Å². The lowest BCUT2D eigenvalue weighted by molar-refractivity contribution is -0.242. The van der Waals surface area contributed by atoms with Gasteiger partial charge in [0.2, 0.25) is 0 Å². The van der Waals surface area contributed by atoms with Gasteiger partial charge in [0, 0.05) is 23.8 Å². The molecule has 186 valence electrons. The van der Waals surface area contributed by atoms with Gasteiger partial charge in [-0.05, 0) is 34.6 Å². The van der Waals surface area contributed by atoms with Gasteiger partial charge in [-0.25, -0.2) is 9.46 Å². The van der Waals surface area contributed by atoms with E-state index in [0.29, 0.717) is 5.56 Å². The lowest BCUT2D eigenvalue weighted by Gasteiger charge is -2.42. The first-order chi connectivity index (χ1) is 15.6. The summed E-state index contributed by atoms with van der Waals surface area (Å²) in [6.07, 6.45) is 0.937. The van der Waals surface area contributed by atoms with E-state index in [2.05, 4.69) is 43.4 Å². The van der Waals surface area contributed by atoms with Crippen LogP contribution in [0.4, 0.5) is 0 Å². The highest BCUT2D eigenvalue weighted by Gasteiger charge is 2.42. The van der Waals surface area contributed by atoms with Crippen molar-refractivity contribution in [3.63, 3.8) is 0 Å². The van der Waals surface area contributed by atoms with Crippen molar-refractivity contribution in [3.8, 4) is 6.07 Å². The molecule has 2 rings (SSSR count). The maximum atomic E-state index is 12.4. The average molecular weight is 598 g/mol. The number of halogens is 1. The summed E-state index contributed by atoms with van der Waals surface area (Å²) in [5.74, 6) is 0. The Kier molecular flexibility index (Phi) is 11.4. The Morgan fingerprint density at radius 2 is 2.03 bits per heavy atom. The number of rotatable bonds is 12. The van der Waals surface area contributed by atoms with Gasteiger partial charge in [0.25, 0.3) is 14.1 Å². The number of hydrogen-bond donors (Lipinski definition) is 1. The van der Waals surface area contributed by atoms with Crippen molar-refractivity contribution in [2.24, 2.45) is 0 Å². The Labute approximate surface area is 208 Å². The summed E-state index contributed by atoms with van der Waals surface area (Å²) in [5, 5.41) is 8.90. The van der Waals surface area contributed by atoms with Gasteiger partial charge in [-0.3, -0.25) is 14.3 Å². The van der Waals surface area contributed by atoms with E-state index in [1.807, 2.05) is 0 Å². The molecule has 0 aliphatic carbocycles. The number of aryl methyl sites for hydroxylation is 1. The molecule has 0 spiro atoms. The summed E-state index contributed by atoms with van der Waals surface area (Å²) in [4.78, 5) is 26.4. The minimum absolute atomic E-state index is 0.0811. The molecule has 0 amide bonds. The summed E-state index contributed by atoms with van der Waals surface area (Å²) in [5.41, 5.74) is -1.65. The van der Waals surface area contributed by atoms with Crippen LogP contribution in [0.5, 0.6) is 0 Å². The summed E-state index contributed by atoms with van der Waals surface area (Å²) >= 11 is 1.78. The van der Waals surface area contributed by atoms with Crippen molar-refractivity contribution >= 4 is 31.5 Å². The van der Waals surface area contributed by atoms with Crippen LogP contribution >= 0.6 is 31.5 Å². The second kappa shape index (κ2) is 13.3. The molecule has 2 heterocycles. The van der Waals surface area contributed by atoms with Gasteiger partial charge in [-0.2, -0.15) is 5.26 Å². The normalized spacial score (nSPS) is 22.1. The number of aromatic amines is 1. The molecule has 1 saturated heterocycles. The third-order valence-corrected chi connectivity index (χ3v) is 7.25. The number of hydrogen-bond acceptors (Lipinski definition) is 9. The van der Waals surface area contributed by atoms with Crippen LogP contribution in [0.3, 0.4) is 0 Å². The first-order valence-electron chi connectivity index (χ1n) is 10.7. The minimum atomic E-state index is -1.49. The molecular formula is C20H32IN4O7P. The molecular weight excluding hydrogens is 566 g/mol. The van der Waals surface area contributed by atoms with Crippen molar-refractivity contribution in [1.82, 2.24) is 14.2 Å². The molecule has 0 aromatic carbocycles. The first kappa shape index (κ1) is 28.3. The topological polar surface area (TPSA) is 128 Å². The smallest absolute Gasteiger partial charge is 0.330 e. The molecule has 13 heteroatoms. The van der Waals surface area contributed by atoms with Gasteiger partial charge in [0.05, 0.1) is 45.5 Å². The molecule has 0 saturated carbocycles. The minimum Gasteiger partial charge on any atom is -0.374 e.